The van der Waals surface area contributed by atoms with Crippen LogP contribution >= 0.6 is 0 Å². The summed E-state index contributed by atoms with van der Waals surface area (Å²) in [6, 6.07) is 5.96. The molecule has 0 saturated carbocycles. The highest BCUT2D eigenvalue weighted by atomic mass is 16.2. The first-order valence-corrected chi connectivity index (χ1v) is 8.96. The minimum atomic E-state index is 0.233. The van der Waals surface area contributed by atoms with Crippen LogP contribution in [0.25, 0.3) is 0 Å². The highest BCUT2D eigenvalue weighted by Gasteiger charge is 2.32. The molecule has 1 aromatic rings. The van der Waals surface area contributed by atoms with Crippen LogP contribution in [0.5, 0.6) is 0 Å². The molecule has 0 radical (unpaired) electrons. The van der Waals surface area contributed by atoms with Crippen molar-refractivity contribution in [1.29, 1.82) is 0 Å². The zero-order valence-corrected chi connectivity index (χ0v) is 14.7. The summed E-state index contributed by atoms with van der Waals surface area (Å²) in [6.07, 6.45) is 3.57. The first-order valence-electron chi connectivity index (χ1n) is 8.96. The van der Waals surface area contributed by atoms with Gasteiger partial charge < -0.3 is 20.4 Å². The number of pyridine rings is 1. The molecule has 24 heavy (non-hydrogen) atoms. The van der Waals surface area contributed by atoms with Gasteiger partial charge in [0.2, 0.25) is 5.91 Å². The average Bonchev–Trinajstić information content (AvgIpc) is 3.02. The van der Waals surface area contributed by atoms with Crippen LogP contribution in [0, 0.1) is 5.41 Å². The standard InChI is InChI=1S/C18H29N5O/c1-18(14-19)6-9-21(15-18)8-5-17(24)23-12-10-22(11-13-23)16-4-2-3-7-20-16/h2-4,7H,5-6,8-15,19H2,1H3. The molecule has 6 heteroatoms. The van der Waals surface area contributed by atoms with E-state index in [-0.39, 0.29) is 11.3 Å². The molecule has 2 aliphatic heterocycles. The predicted octanol–water partition coefficient (Wildman–Crippen LogP) is 0.791. The molecule has 3 rings (SSSR count). The highest BCUT2D eigenvalue weighted by molar-refractivity contribution is 5.76. The molecule has 0 aliphatic carbocycles. The van der Waals surface area contributed by atoms with Gasteiger partial charge in [0.1, 0.15) is 5.82 Å². The van der Waals surface area contributed by atoms with Crippen LogP contribution in [0.4, 0.5) is 5.82 Å². The van der Waals surface area contributed by atoms with E-state index in [9.17, 15) is 4.79 Å². The minimum Gasteiger partial charge on any atom is -0.353 e. The number of likely N-dealkylation sites (tertiary alicyclic amines) is 1. The van der Waals surface area contributed by atoms with Crippen LogP contribution in [-0.2, 0) is 4.79 Å². The van der Waals surface area contributed by atoms with Gasteiger partial charge in [0.25, 0.3) is 0 Å². The predicted molar refractivity (Wildman–Crippen MR) is 95.9 cm³/mol. The van der Waals surface area contributed by atoms with Gasteiger partial charge in [0, 0.05) is 51.9 Å². The number of carbonyl (C=O) groups excluding carboxylic acids is 1. The van der Waals surface area contributed by atoms with Gasteiger partial charge in [-0.3, -0.25) is 4.79 Å². The molecule has 2 fully saturated rings. The molecule has 132 valence electrons. The molecule has 2 N–H and O–H groups in total. The van der Waals surface area contributed by atoms with Crippen LogP contribution < -0.4 is 10.6 Å². The molecule has 2 saturated heterocycles. The molecule has 1 amide bonds. The molecule has 6 nitrogen and oxygen atoms in total. The first kappa shape index (κ1) is 17.2. The van der Waals surface area contributed by atoms with E-state index in [1.165, 1.54) is 0 Å². The van der Waals surface area contributed by atoms with Gasteiger partial charge in [-0.2, -0.15) is 0 Å². The van der Waals surface area contributed by atoms with E-state index in [0.29, 0.717) is 6.42 Å². The molecule has 3 heterocycles. The second-order valence-corrected chi connectivity index (χ2v) is 7.35. The molecule has 0 aromatic carbocycles. The Hall–Kier alpha value is -1.66. The fourth-order valence-electron chi connectivity index (χ4n) is 3.62. The van der Waals surface area contributed by atoms with E-state index in [1.807, 2.05) is 29.3 Å². The van der Waals surface area contributed by atoms with Crippen molar-refractivity contribution >= 4 is 11.7 Å². The van der Waals surface area contributed by atoms with Crippen LogP contribution in [-0.4, -0.2) is 73.0 Å². The summed E-state index contributed by atoms with van der Waals surface area (Å²) in [7, 11) is 0. The van der Waals surface area contributed by atoms with Crippen molar-refractivity contribution in [1.82, 2.24) is 14.8 Å². The third kappa shape index (κ3) is 4.05. The van der Waals surface area contributed by atoms with Gasteiger partial charge in [-0.15, -0.1) is 0 Å². The summed E-state index contributed by atoms with van der Waals surface area (Å²) in [4.78, 5) is 23.5. The zero-order valence-electron chi connectivity index (χ0n) is 14.7. The van der Waals surface area contributed by atoms with Crippen LogP contribution in [0.2, 0.25) is 0 Å². The lowest BCUT2D eigenvalue weighted by Gasteiger charge is -2.35. The Balaban J connectivity index is 1.41. The van der Waals surface area contributed by atoms with E-state index in [2.05, 4.69) is 21.7 Å². The number of nitrogens with two attached hydrogens (primary N) is 1. The fraction of sp³-hybridized carbons (Fsp3) is 0.667. The van der Waals surface area contributed by atoms with E-state index < -0.39 is 0 Å². The number of piperazine rings is 1. The van der Waals surface area contributed by atoms with Gasteiger partial charge >= 0.3 is 0 Å². The second-order valence-electron chi connectivity index (χ2n) is 7.35. The van der Waals surface area contributed by atoms with Crippen molar-refractivity contribution in [2.75, 3.05) is 57.3 Å². The smallest absolute Gasteiger partial charge is 0.223 e. The number of rotatable bonds is 5. The summed E-state index contributed by atoms with van der Waals surface area (Å²) in [5.41, 5.74) is 6.09. The lowest BCUT2D eigenvalue weighted by molar-refractivity contribution is -0.131. The van der Waals surface area contributed by atoms with E-state index in [1.54, 1.807) is 0 Å². The Morgan fingerprint density at radius 2 is 2.04 bits per heavy atom. The van der Waals surface area contributed by atoms with Gasteiger partial charge in [-0.25, -0.2) is 4.98 Å². The third-order valence-electron chi connectivity index (χ3n) is 5.38. The van der Waals surface area contributed by atoms with Crippen molar-refractivity contribution in [3.05, 3.63) is 24.4 Å². The molecule has 1 aromatic heterocycles. The van der Waals surface area contributed by atoms with Crippen molar-refractivity contribution in [2.24, 2.45) is 11.1 Å². The summed E-state index contributed by atoms with van der Waals surface area (Å²) < 4.78 is 0. The van der Waals surface area contributed by atoms with Gasteiger partial charge in [0.15, 0.2) is 0 Å². The summed E-state index contributed by atoms with van der Waals surface area (Å²) >= 11 is 0. The zero-order chi connectivity index (χ0) is 17.0. The maximum absolute atomic E-state index is 12.5. The quantitative estimate of drug-likeness (QED) is 0.864. The highest BCUT2D eigenvalue weighted by Crippen LogP contribution is 2.28. The molecular weight excluding hydrogens is 302 g/mol. The first-order chi connectivity index (χ1) is 11.6. The summed E-state index contributed by atoms with van der Waals surface area (Å²) in [6.45, 7) is 9.20. The van der Waals surface area contributed by atoms with E-state index >= 15 is 0 Å². The largest absolute Gasteiger partial charge is 0.353 e. The van der Waals surface area contributed by atoms with Crippen LogP contribution in [0.1, 0.15) is 19.8 Å². The monoisotopic (exact) mass is 331 g/mol. The van der Waals surface area contributed by atoms with E-state index in [0.717, 1.165) is 64.6 Å². The Kier molecular flexibility index (Phi) is 5.36. The Morgan fingerprint density at radius 1 is 1.25 bits per heavy atom. The Labute approximate surface area is 144 Å². The maximum Gasteiger partial charge on any atom is 0.223 e. The lowest BCUT2D eigenvalue weighted by atomic mass is 9.90. The second kappa shape index (κ2) is 7.49. The molecule has 0 bridgehead atoms. The molecular formula is C18H29N5O. The Bertz CT molecular complexity index is 544. The third-order valence-corrected chi connectivity index (χ3v) is 5.38. The van der Waals surface area contributed by atoms with Crippen molar-refractivity contribution in [3.8, 4) is 0 Å². The maximum atomic E-state index is 12.5. The van der Waals surface area contributed by atoms with Gasteiger partial charge in [0.05, 0.1) is 0 Å². The molecule has 1 atom stereocenters. The molecule has 0 spiro atoms. The fourth-order valence-corrected chi connectivity index (χ4v) is 3.62. The number of hydrogen-bond donors (Lipinski definition) is 1. The van der Waals surface area contributed by atoms with Crippen molar-refractivity contribution in [3.63, 3.8) is 0 Å². The topological polar surface area (TPSA) is 65.7 Å². The Morgan fingerprint density at radius 3 is 2.67 bits per heavy atom. The van der Waals surface area contributed by atoms with E-state index in [4.69, 9.17) is 5.73 Å². The normalized spacial score (nSPS) is 25.2. The van der Waals surface area contributed by atoms with Crippen molar-refractivity contribution in [2.45, 2.75) is 19.8 Å². The van der Waals surface area contributed by atoms with Crippen LogP contribution in [0.3, 0.4) is 0 Å². The SMILES string of the molecule is CC1(CN)CCN(CCC(=O)N2CCN(c3ccccn3)CC2)C1. The van der Waals surface area contributed by atoms with Gasteiger partial charge in [-0.1, -0.05) is 13.0 Å². The average molecular weight is 331 g/mol. The lowest BCUT2D eigenvalue weighted by Crippen LogP contribution is -2.49. The minimum absolute atomic E-state index is 0.233. The number of amides is 1. The summed E-state index contributed by atoms with van der Waals surface area (Å²) in [5, 5.41) is 0. The number of carbonyl (C=O) groups is 1. The number of hydrogen-bond acceptors (Lipinski definition) is 5. The van der Waals surface area contributed by atoms with Crippen molar-refractivity contribution < 1.29 is 4.79 Å². The number of nitrogens with zero attached hydrogens (tertiary/aromatic N) is 4. The molecule has 2 aliphatic rings. The number of anilines is 1. The molecule has 1 unspecified atom stereocenters. The number of aromatic nitrogens is 1. The summed E-state index contributed by atoms with van der Waals surface area (Å²) in [5.74, 6) is 1.28. The van der Waals surface area contributed by atoms with Gasteiger partial charge in [-0.05, 0) is 37.1 Å². The van der Waals surface area contributed by atoms with Crippen LogP contribution in [0.15, 0.2) is 24.4 Å².